The monoisotopic (exact) mass is 409 g/mol. The first-order chi connectivity index (χ1) is 14.3. The summed E-state index contributed by atoms with van der Waals surface area (Å²) in [6, 6.07) is 3.46. The summed E-state index contributed by atoms with van der Waals surface area (Å²) in [5.74, 6) is -1.94. The number of nitrogens with one attached hydrogen (secondary N) is 1. The van der Waals surface area contributed by atoms with Crippen LogP contribution in [-0.4, -0.2) is 55.4 Å². The van der Waals surface area contributed by atoms with Crippen molar-refractivity contribution in [1.29, 1.82) is 0 Å². The molecule has 1 aliphatic rings. The molecule has 0 radical (unpaired) electrons. The minimum absolute atomic E-state index is 0.0751. The highest BCUT2D eigenvalue weighted by atomic mass is 16.4. The van der Waals surface area contributed by atoms with Gasteiger partial charge in [-0.1, -0.05) is 6.07 Å². The Morgan fingerprint density at radius 3 is 2.47 bits per heavy atom. The molecule has 0 saturated carbocycles. The number of carbonyl (C=O) groups excluding carboxylic acids is 3. The van der Waals surface area contributed by atoms with Gasteiger partial charge in [0.1, 0.15) is 5.82 Å². The fourth-order valence-electron chi connectivity index (χ4n) is 3.09. The lowest BCUT2D eigenvalue weighted by atomic mass is 10.0. The third-order valence-electron chi connectivity index (χ3n) is 4.74. The standard InChI is InChI=1S/C20H19N5O5/c1-11(15(10-26)12(2)27)14-7-21-20(22-8-14)24-17-4-3-13-9-25(18(28)19(29)30)6-5-16(13)23-17/h3-4,7-8,10H,5-6,9H2,1-2H3,(H,29,30)(H,21,22,23,24)/b15-11+. The van der Waals surface area contributed by atoms with Crippen molar-refractivity contribution < 1.29 is 24.3 Å². The highest BCUT2D eigenvalue weighted by molar-refractivity contribution is 6.31. The number of Topliss-reactive ketones (excluding diaryl/α,β-unsaturated/α-hetero) is 1. The van der Waals surface area contributed by atoms with Crippen LogP contribution < -0.4 is 5.32 Å². The molecule has 0 unspecified atom stereocenters. The van der Waals surface area contributed by atoms with E-state index >= 15 is 0 Å². The quantitative estimate of drug-likeness (QED) is 0.244. The summed E-state index contributed by atoms with van der Waals surface area (Å²) >= 11 is 0. The number of hydrogen-bond donors (Lipinski definition) is 2. The smallest absolute Gasteiger partial charge is 0.394 e. The van der Waals surface area contributed by atoms with Gasteiger partial charge in [-0.3, -0.25) is 14.4 Å². The number of anilines is 2. The molecule has 3 heterocycles. The number of aromatic nitrogens is 3. The normalized spacial score (nSPS) is 13.7. The summed E-state index contributed by atoms with van der Waals surface area (Å²) in [5.41, 5.74) is 2.67. The fourth-order valence-corrected chi connectivity index (χ4v) is 3.09. The topological polar surface area (TPSA) is 142 Å². The van der Waals surface area contributed by atoms with E-state index in [1.807, 2.05) is 0 Å². The van der Waals surface area contributed by atoms with E-state index in [1.165, 1.54) is 24.2 Å². The second-order valence-corrected chi connectivity index (χ2v) is 6.72. The zero-order valence-electron chi connectivity index (χ0n) is 16.4. The Morgan fingerprint density at radius 2 is 1.87 bits per heavy atom. The summed E-state index contributed by atoms with van der Waals surface area (Å²) in [4.78, 5) is 59.2. The number of carboxylic acid groups (broad SMARTS) is 1. The van der Waals surface area contributed by atoms with Crippen LogP contribution in [0.1, 0.15) is 30.7 Å². The van der Waals surface area contributed by atoms with E-state index in [4.69, 9.17) is 5.11 Å². The van der Waals surface area contributed by atoms with Crippen molar-refractivity contribution in [3.05, 3.63) is 46.9 Å². The van der Waals surface area contributed by atoms with E-state index in [0.29, 0.717) is 29.7 Å². The lowest BCUT2D eigenvalue weighted by Crippen LogP contribution is -2.40. The first kappa shape index (κ1) is 20.8. The molecule has 2 N–H and O–H groups in total. The number of nitrogens with zero attached hydrogens (tertiary/aromatic N) is 4. The van der Waals surface area contributed by atoms with Gasteiger partial charge in [-0.2, -0.15) is 0 Å². The van der Waals surface area contributed by atoms with Crippen molar-refractivity contribution >= 4 is 41.3 Å². The van der Waals surface area contributed by atoms with Crippen molar-refractivity contribution in [3.8, 4) is 0 Å². The number of allylic oxidation sites excluding steroid dienone is 2. The molecule has 10 nitrogen and oxygen atoms in total. The Balaban J connectivity index is 1.74. The van der Waals surface area contributed by atoms with Crippen LogP contribution >= 0.6 is 0 Å². The van der Waals surface area contributed by atoms with Crippen molar-refractivity contribution in [3.63, 3.8) is 0 Å². The Kier molecular flexibility index (Phi) is 5.95. The van der Waals surface area contributed by atoms with Crippen molar-refractivity contribution in [2.45, 2.75) is 26.8 Å². The molecule has 0 spiro atoms. The molecule has 1 aliphatic heterocycles. The molecule has 0 aromatic carbocycles. The maximum Gasteiger partial charge on any atom is 0.394 e. The molecule has 30 heavy (non-hydrogen) atoms. The van der Waals surface area contributed by atoms with Crippen LogP contribution in [0.15, 0.2) is 30.1 Å². The number of aliphatic carboxylic acids is 1. The van der Waals surface area contributed by atoms with Gasteiger partial charge in [0.15, 0.2) is 12.1 Å². The molecular formula is C20H19N5O5. The summed E-state index contributed by atoms with van der Waals surface area (Å²) in [6.07, 6.45) is 3.97. The first-order valence-electron chi connectivity index (χ1n) is 9.07. The largest absolute Gasteiger partial charge is 0.474 e. The van der Waals surface area contributed by atoms with Crippen molar-refractivity contribution in [1.82, 2.24) is 19.9 Å². The summed E-state index contributed by atoms with van der Waals surface area (Å²) in [7, 11) is 0. The van der Waals surface area contributed by atoms with Crippen molar-refractivity contribution in [2.24, 2.45) is 0 Å². The number of pyridine rings is 1. The molecular weight excluding hydrogens is 390 g/mol. The number of aldehydes is 1. The summed E-state index contributed by atoms with van der Waals surface area (Å²) in [5, 5.41) is 11.8. The Hall–Kier alpha value is -3.95. The van der Waals surface area contributed by atoms with Crippen LogP contribution in [0.25, 0.3) is 5.57 Å². The second-order valence-electron chi connectivity index (χ2n) is 6.72. The van der Waals surface area contributed by atoms with Crippen LogP contribution in [-0.2, 0) is 32.1 Å². The Bertz CT molecular complexity index is 1060. The zero-order valence-corrected chi connectivity index (χ0v) is 16.4. The molecule has 0 atom stereocenters. The number of amides is 1. The SMILES string of the molecule is CC(=O)/C(C=O)=C(\C)c1cnc(Nc2ccc3c(n2)CCN(C(=O)C(=O)O)C3)nc1. The van der Waals surface area contributed by atoms with Gasteiger partial charge in [0.25, 0.3) is 0 Å². The minimum atomic E-state index is -1.47. The number of carbonyl (C=O) groups is 4. The first-order valence-corrected chi connectivity index (χ1v) is 9.07. The number of carboxylic acids is 1. The van der Waals surface area contributed by atoms with E-state index in [2.05, 4.69) is 20.3 Å². The van der Waals surface area contributed by atoms with Gasteiger partial charge in [-0.05, 0) is 31.1 Å². The number of rotatable bonds is 5. The van der Waals surface area contributed by atoms with Crippen molar-refractivity contribution in [2.75, 3.05) is 11.9 Å². The fraction of sp³-hybridized carbons (Fsp3) is 0.250. The van der Waals surface area contributed by atoms with Gasteiger partial charge in [0.05, 0.1) is 5.57 Å². The highest BCUT2D eigenvalue weighted by Crippen LogP contribution is 2.22. The van der Waals surface area contributed by atoms with Gasteiger partial charge in [-0.15, -0.1) is 0 Å². The van der Waals surface area contributed by atoms with Gasteiger partial charge in [0.2, 0.25) is 5.95 Å². The van der Waals surface area contributed by atoms with Gasteiger partial charge < -0.3 is 15.3 Å². The molecule has 2 aromatic rings. The zero-order chi connectivity index (χ0) is 21.8. The average molecular weight is 409 g/mol. The van der Waals surface area contributed by atoms with Crippen LogP contribution in [0, 0.1) is 0 Å². The van der Waals surface area contributed by atoms with Gasteiger partial charge >= 0.3 is 11.9 Å². The third-order valence-corrected chi connectivity index (χ3v) is 4.74. The summed E-state index contributed by atoms with van der Waals surface area (Å²) in [6.45, 7) is 3.45. The maximum absolute atomic E-state index is 11.6. The van der Waals surface area contributed by atoms with Crippen LogP contribution in [0.4, 0.5) is 11.8 Å². The summed E-state index contributed by atoms with van der Waals surface area (Å²) < 4.78 is 0. The molecule has 10 heteroatoms. The van der Waals surface area contributed by atoms with Crippen LogP contribution in [0.3, 0.4) is 0 Å². The predicted octanol–water partition coefficient (Wildman–Crippen LogP) is 1.15. The molecule has 2 aromatic heterocycles. The maximum atomic E-state index is 11.6. The minimum Gasteiger partial charge on any atom is -0.474 e. The molecule has 154 valence electrons. The van der Waals surface area contributed by atoms with E-state index in [1.54, 1.807) is 19.1 Å². The highest BCUT2D eigenvalue weighted by Gasteiger charge is 2.26. The molecule has 0 saturated heterocycles. The predicted molar refractivity (Wildman–Crippen MR) is 106 cm³/mol. The Morgan fingerprint density at radius 1 is 1.17 bits per heavy atom. The van der Waals surface area contributed by atoms with Crippen LogP contribution in [0.2, 0.25) is 0 Å². The number of ketones is 1. The third kappa shape index (κ3) is 4.37. The lowest BCUT2D eigenvalue weighted by molar-refractivity contribution is -0.156. The van der Waals surface area contributed by atoms with Gasteiger partial charge in [0, 0.05) is 43.2 Å². The van der Waals surface area contributed by atoms with E-state index in [0.717, 1.165) is 11.3 Å². The second kappa shape index (κ2) is 8.60. The molecule has 1 amide bonds. The molecule has 0 aliphatic carbocycles. The number of hydrogen-bond acceptors (Lipinski definition) is 8. The van der Waals surface area contributed by atoms with Gasteiger partial charge in [-0.25, -0.2) is 19.7 Å². The van der Waals surface area contributed by atoms with E-state index in [-0.39, 0.29) is 30.4 Å². The van der Waals surface area contributed by atoms with E-state index < -0.39 is 11.9 Å². The lowest BCUT2D eigenvalue weighted by Gasteiger charge is -2.27. The Labute approximate surface area is 171 Å². The molecule has 0 bridgehead atoms. The molecule has 0 fully saturated rings. The number of fused-ring (bicyclic) bond motifs is 1. The van der Waals surface area contributed by atoms with E-state index in [9.17, 15) is 19.2 Å². The average Bonchev–Trinajstić information content (AvgIpc) is 2.73. The molecule has 3 rings (SSSR count). The van der Waals surface area contributed by atoms with Crippen LogP contribution in [0.5, 0.6) is 0 Å².